The van der Waals surface area contributed by atoms with Crippen molar-refractivity contribution in [2.45, 2.75) is 11.8 Å². The Morgan fingerprint density at radius 3 is 2.27 bits per heavy atom. The quantitative estimate of drug-likeness (QED) is 0.446. The maximum Gasteiger partial charge on any atom is 0.266 e. The first-order valence-electron chi connectivity index (χ1n) is 9.90. The van der Waals surface area contributed by atoms with Gasteiger partial charge < -0.3 is 4.98 Å². The van der Waals surface area contributed by atoms with E-state index in [1.807, 2.05) is 13.0 Å². The second-order valence-corrected chi connectivity index (χ2v) is 9.10. The van der Waals surface area contributed by atoms with Gasteiger partial charge >= 0.3 is 0 Å². The molecule has 1 heterocycles. The molecule has 1 aromatic heterocycles. The second-order valence-electron chi connectivity index (χ2n) is 7.42. The van der Waals surface area contributed by atoms with E-state index in [-0.39, 0.29) is 10.5 Å². The number of hydrogen-bond acceptors (Lipinski definition) is 4. The van der Waals surface area contributed by atoms with Crippen LogP contribution < -0.4 is 10.3 Å². The first kappa shape index (κ1) is 22.0. The number of nitriles is 1. The number of aryl methyl sites for hydroxylation is 1. The number of hydrogen-bond donors (Lipinski definition) is 2. The summed E-state index contributed by atoms with van der Waals surface area (Å²) in [5.74, 6) is -0.483. The van der Waals surface area contributed by atoms with Crippen LogP contribution in [0.3, 0.4) is 0 Å². The molecular formula is C25H18FN3O3S. The fraction of sp³-hybridized carbons (Fsp3) is 0.0400. The number of benzene rings is 3. The molecule has 6 nitrogen and oxygen atoms in total. The zero-order valence-corrected chi connectivity index (χ0v) is 18.3. The maximum atomic E-state index is 13.7. The molecule has 33 heavy (non-hydrogen) atoms. The highest BCUT2D eigenvalue weighted by Crippen LogP contribution is 2.27. The van der Waals surface area contributed by atoms with Gasteiger partial charge in [0.25, 0.3) is 15.6 Å². The van der Waals surface area contributed by atoms with Crippen molar-refractivity contribution in [1.82, 2.24) is 4.98 Å². The fourth-order valence-electron chi connectivity index (χ4n) is 3.36. The number of nitrogens with one attached hydrogen (secondary N) is 2. The first-order chi connectivity index (χ1) is 15.8. The predicted molar refractivity (Wildman–Crippen MR) is 125 cm³/mol. The lowest BCUT2D eigenvalue weighted by molar-refractivity contribution is 0.601. The SMILES string of the molecule is Cc1ccc(S(=O)(=O)Nc2ccc(-c3cc(-c4cccc(F)c4)c(C#N)c(=O)[nH]3)cc2)cc1. The molecule has 4 aromatic rings. The molecule has 0 aliphatic rings. The average molecular weight is 460 g/mol. The van der Waals surface area contributed by atoms with E-state index in [0.29, 0.717) is 28.1 Å². The van der Waals surface area contributed by atoms with E-state index in [9.17, 15) is 22.9 Å². The summed E-state index contributed by atoms with van der Waals surface area (Å²) in [6, 6.07) is 22.0. The van der Waals surface area contributed by atoms with E-state index < -0.39 is 21.4 Å². The van der Waals surface area contributed by atoms with E-state index in [1.54, 1.807) is 48.5 Å². The van der Waals surface area contributed by atoms with Gasteiger partial charge in [-0.2, -0.15) is 5.26 Å². The largest absolute Gasteiger partial charge is 0.321 e. The lowest BCUT2D eigenvalue weighted by Crippen LogP contribution is -2.13. The highest BCUT2D eigenvalue weighted by molar-refractivity contribution is 7.92. The van der Waals surface area contributed by atoms with Crippen LogP contribution in [-0.4, -0.2) is 13.4 Å². The van der Waals surface area contributed by atoms with Crippen LogP contribution in [0.15, 0.2) is 88.6 Å². The van der Waals surface area contributed by atoms with E-state index in [0.717, 1.165) is 5.56 Å². The zero-order chi connectivity index (χ0) is 23.6. The number of H-pyrrole nitrogens is 1. The van der Waals surface area contributed by atoms with Crippen molar-refractivity contribution >= 4 is 15.7 Å². The van der Waals surface area contributed by atoms with E-state index >= 15 is 0 Å². The van der Waals surface area contributed by atoms with Crippen molar-refractivity contribution in [1.29, 1.82) is 5.26 Å². The Balaban J connectivity index is 1.67. The van der Waals surface area contributed by atoms with Crippen LogP contribution in [0.1, 0.15) is 11.1 Å². The zero-order valence-electron chi connectivity index (χ0n) is 17.5. The number of halogens is 1. The fourth-order valence-corrected chi connectivity index (χ4v) is 4.42. The van der Waals surface area contributed by atoms with Crippen molar-refractivity contribution in [3.8, 4) is 28.5 Å². The Morgan fingerprint density at radius 2 is 1.64 bits per heavy atom. The third-order valence-corrected chi connectivity index (χ3v) is 6.46. The lowest BCUT2D eigenvalue weighted by Gasteiger charge is -2.11. The number of aromatic nitrogens is 1. The van der Waals surface area contributed by atoms with Crippen molar-refractivity contribution in [3.05, 3.63) is 106 Å². The normalized spacial score (nSPS) is 11.1. The monoisotopic (exact) mass is 459 g/mol. The van der Waals surface area contributed by atoms with Crippen LogP contribution in [0.2, 0.25) is 0 Å². The molecule has 0 unspecified atom stereocenters. The first-order valence-corrected chi connectivity index (χ1v) is 11.4. The summed E-state index contributed by atoms with van der Waals surface area (Å²) < 4.78 is 41.4. The van der Waals surface area contributed by atoms with Crippen LogP contribution in [0, 0.1) is 24.1 Å². The van der Waals surface area contributed by atoms with Gasteiger partial charge in [-0.25, -0.2) is 12.8 Å². The van der Waals surface area contributed by atoms with Crippen LogP contribution in [0.4, 0.5) is 10.1 Å². The molecule has 0 bridgehead atoms. The molecule has 0 fully saturated rings. The van der Waals surface area contributed by atoms with Gasteiger partial charge in [0.05, 0.1) is 4.90 Å². The standard InChI is InChI=1S/C25H18FN3O3S/c1-16-5-11-21(12-6-16)33(31,32)29-20-9-7-17(8-10-20)24-14-22(23(15-27)25(30)28-24)18-3-2-4-19(26)13-18/h2-14,29H,1H3,(H,28,30). The Morgan fingerprint density at radius 1 is 0.939 bits per heavy atom. The van der Waals surface area contributed by atoms with Gasteiger partial charge in [-0.1, -0.05) is 42.0 Å². The third-order valence-electron chi connectivity index (χ3n) is 5.06. The van der Waals surface area contributed by atoms with Crippen LogP contribution >= 0.6 is 0 Å². The Hall–Kier alpha value is -4.22. The average Bonchev–Trinajstić information content (AvgIpc) is 2.79. The minimum Gasteiger partial charge on any atom is -0.321 e. The molecule has 0 amide bonds. The topological polar surface area (TPSA) is 103 Å². The number of sulfonamides is 1. The Kier molecular flexibility index (Phi) is 5.82. The van der Waals surface area contributed by atoms with Crippen LogP contribution in [0.25, 0.3) is 22.4 Å². The number of anilines is 1. The molecule has 0 spiro atoms. The second kappa shape index (κ2) is 8.73. The summed E-state index contributed by atoms with van der Waals surface area (Å²) in [5.41, 5.74) is 2.29. The van der Waals surface area contributed by atoms with Gasteiger partial charge in [-0.3, -0.25) is 9.52 Å². The molecule has 0 radical (unpaired) electrons. The molecule has 8 heteroatoms. The Labute approximate surface area is 190 Å². The van der Waals surface area contributed by atoms with Gasteiger partial charge in [0.15, 0.2) is 0 Å². The maximum absolute atomic E-state index is 13.7. The van der Waals surface area contributed by atoms with Gasteiger partial charge in [0, 0.05) is 16.9 Å². The summed E-state index contributed by atoms with van der Waals surface area (Å²) in [7, 11) is -3.75. The van der Waals surface area contributed by atoms with Crippen LogP contribution in [0.5, 0.6) is 0 Å². The number of aromatic amines is 1. The summed E-state index contributed by atoms with van der Waals surface area (Å²) in [6.07, 6.45) is 0. The summed E-state index contributed by atoms with van der Waals surface area (Å²) in [5, 5.41) is 9.42. The summed E-state index contributed by atoms with van der Waals surface area (Å²) in [4.78, 5) is 15.3. The van der Waals surface area contributed by atoms with E-state index in [4.69, 9.17) is 0 Å². The molecule has 164 valence electrons. The predicted octanol–water partition coefficient (Wildman–Crippen LogP) is 4.83. The minimum absolute atomic E-state index is 0.119. The molecule has 3 aromatic carbocycles. The molecule has 0 saturated carbocycles. The number of pyridine rings is 1. The van der Waals surface area contributed by atoms with Crippen molar-refractivity contribution < 1.29 is 12.8 Å². The van der Waals surface area contributed by atoms with Crippen molar-refractivity contribution in [2.24, 2.45) is 0 Å². The molecule has 0 aliphatic carbocycles. The Bertz CT molecular complexity index is 1540. The van der Waals surface area contributed by atoms with Gasteiger partial charge in [0.2, 0.25) is 0 Å². The lowest BCUT2D eigenvalue weighted by atomic mass is 9.99. The molecule has 0 atom stereocenters. The van der Waals surface area contributed by atoms with Gasteiger partial charge in [0.1, 0.15) is 17.4 Å². The molecule has 0 aliphatic heterocycles. The van der Waals surface area contributed by atoms with Crippen molar-refractivity contribution in [3.63, 3.8) is 0 Å². The third kappa shape index (κ3) is 4.68. The van der Waals surface area contributed by atoms with Gasteiger partial charge in [-0.05, 0) is 60.5 Å². The van der Waals surface area contributed by atoms with E-state index in [2.05, 4.69) is 9.71 Å². The highest BCUT2D eigenvalue weighted by atomic mass is 32.2. The number of rotatable bonds is 5. The summed E-state index contributed by atoms with van der Waals surface area (Å²) >= 11 is 0. The molecule has 0 saturated heterocycles. The molecule has 2 N–H and O–H groups in total. The summed E-state index contributed by atoms with van der Waals surface area (Å²) in [6.45, 7) is 1.87. The molecular weight excluding hydrogens is 441 g/mol. The highest BCUT2D eigenvalue weighted by Gasteiger charge is 2.15. The minimum atomic E-state index is -3.75. The van der Waals surface area contributed by atoms with E-state index in [1.165, 1.54) is 30.3 Å². The molecule has 4 rings (SSSR count). The number of nitrogens with zero attached hydrogens (tertiary/aromatic N) is 1. The van der Waals surface area contributed by atoms with Gasteiger partial charge in [-0.15, -0.1) is 0 Å². The smallest absolute Gasteiger partial charge is 0.266 e. The van der Waals surface area contributed by atoms with Crippen LogP contribution in [-0.2, 0) is 10.0 Å². The van der Waals surface area contributed by atoms with Crippen molar-refractivity contribution in [2.75, 3.05) is 4.72 Å².